The van der Waals surface area contributed by atoms with Gasteiger partial charge in [0.2, 0.25) is 0 Å². The van der Waals surface area contributed by atoms with Gasteiger partial charge in [-0.05, 0) is 44.9 Å². The number of phosphoric acid groups is 1. The Morgan fingerprint density at radius 2 is 1.19 bits per heavy atom. The number of nitrogens with two attached hydrogens (primary N) is 1. The maximum atomic E-state index is 12.6. The topological polar surface area (TPSA) is 155 Å². The Kier molecular flexibility index (Phi) is 37.7. The molecule has 0 fully saturated rings. The van der Waals surface area contributed by atoms with Gasteiger partial charge in [-0.2, -0.15) is 0 Å². The molecule has 4 N–H and O–H groups in total. The Bertz CT molecular complexity index is 1050. The molecule has 0 aromatic heterocycles. The fourth-order valence-corrected chi connectivity index (χ4v) is 6.38. The molecule has 314 valence electrons. The molecule has 0 rings (SSSR count). The molecule has 11 heteroatoms. The smallest absolute Gasteiger partial charge is 0.462 e. The lowest BCUT2D eigenvalue weighted by Gasteiger charge is -2.20. The van der Waals surface area contributed by atoms with Crippen LogP contribution in [0.4, 0.5) is 0 Å². The Morgan fingerprint density at radius 3 is 1.80 bits per heavy atom. The highest BCUT2D eigenvalue weighted by Crippen LogP contribution is 2.43. The number of aliphatic hydroxyl groups excluding tert-OH is 1. The molecular weight excluding hydrogens is 705 g/mol. The summed E-state index contributed by atoms with van der Waals surface area (Å²) in [6, 6.07) is 0. The second kappa shape index (κ2) is 39.2. The van der Waals surface area contributed by atoms with E-state index in [9.17, 15) is 24.2 Å². The third-order valence-electron chi connectivity index (χ3n) is 8.82. The van der Waals surface area contributed by atoms with E-state index in [2.05, 4.69) is 38.2 Å². The summed E-state index contributed by atoms with van der Waals surface area (Å²) in [4.78, 5) is 34.8. The van der Waals surface area contributed by atoms with Gasteiger partial charge < -0.3 is 25.2 Å². The summed E-state index contributed by atoms with van der Waals surface area (Å²) in [5, 5.41) is 10.3. The first-order valence-electron chi connectivity index (χ1n) is 21.2. The van der Waals surface area contributed by atoms with Crippen LogP contribution in [0.5, 0.6) is 0 Å². The van der Waals surface area contributed by atoms with Crippen LogP contribution in [0.3, 0.4) is 0 Å². The highest BCUT2D eigenvalue weighted by molar-refractivity contribution is 7.47. The van der Waals surface area contributed by atoms with Gasteiger partial charge in [0.25, 0.3) is 0 Å². The zero-order valence-corrected chi connectivity index (χ0v) is 35.0. The summed E-state index contributed by atoms with van der Waals surface area (Å²) >= 11 is 0. The van der Waals surface area contributed by atoms with Gasteiger partial charge in [-0.25, -0.2) is 4.57 Å². The summed E-state index contributed by atoms with van der Waals surface area (Å²) in [5.74, 6) is -1.03. The molecule has 0 heterocycles. The predicted octanol–water partition coefficient (Wildman–Crippen LogP) is 10.9. The number of hydrogen-bond donors (Lipinski definition) is 3. The number of ether oxygens (including phenoxy) is 2. The predicted molar refractivity (Wildman–Crippen MR) is 221 cm³/mol. The zero-order chi connectivity index (χ0) is 39.8. The van der Waals surface area contributed by atoms with Crippen molar-refractivity contribution in [2.75, 3.05) is 26.4 Å². The van der Waals surface area contributed by atoms with E-state index in [1.54, 1.807) is 12.2 Å². The van der Waals surface area contributed by atoms with Crippen molar-refractivity contribution < 1.29 is 42.7 Å². The van der Waals surface area contributed by atoms with Crippen LogP contribution in [0.1, 0.15) is 174 Å². The van der Waals surface area contributed by atoms with Crippen LogP contribution in [-0.4, -0.2) is 60.5 Å². The molecule has 0 bridgehead atoms. The summed E-state index contributed by atoms with van der Waals surface area (Å²) in [6.07, 6.45) is 40.3. The van der Waals surface area contributed by atoms with Crippen molar-refractivity contribution in [3.63, 3.8) is 0 Å². The van der Waals surface area contributed by atoms with Crippen LogP contribution in [0, 0.1) is 0 Å². The molecule has 1 unspecified atom stereocenters. The number of hydrogen-bond acceptors (Lipinski definition) is 9. The lowest BCUT2D eigenvalue weighted by Crippen LogP contribution is -2.29. The molecular formula is C43H78NO9P. The van der Waals surface area contributed by atoms with E-state index in [0.717, 1.165) is 38.5 Å². The summed E-state index contributed by atoms with van der Waals surface area (Å²) < 4.78 is 32.6. The number of allylic oxidation sites excluding steroid dienone is 7. The van der Waals surface area contributed by atoms with Gasteiger partial charge in [-0.1, -0.05) is 165 Å². The summed E-state index contributed by atoms with van der Waals surface area (Å²) in [7, 11) is -4.43. The van der Waals surface area contributed by atoms with E-state index >= 15 is 0 Å². The number of aliphatic hydroxyl groups is 1. The van der Waals surface area contributed by atoms with Crippen LogP contribution < -0.4 is 5.73 Å². The Hall–Kier alpha value is -2.07. The van der Waals surface area contributed by atoms with Crippen molar-refractivity contribution in [3.8, 4) is 0 Å². The molecule has 54 heavy (non-hydrogen) atoms. The van der Waals surface area contributed by atoms with Crippen LogP contribution in [0.2, 0.25) is 0 Å². The number of phosphoric ester groups is 1. The number of esters is 2. The second-order valence-corrected chi connectivity index (χ2v) is 15.5. The molecule has 0 aliphatic heterocycles. The standard InChI is InChI=1S/C43H78NO9P/c1-3-5-7-9-11-13-15-17-18-20-22-24-26-28-30-34-42(46)50-38-41(39-52-54(48,49)51-37-36-44)53-43(47)35-31-33-40(45)32-29-27-25-23-21-19-16-14-12-10-8-6-4-2/h12,14,19,21,25,27,29,32,40-41,45H,3-11,13,15-18,20,22-24,26,28,30-31,33-39,44H2,1-2H3,(H,48,49)/b14-12-,21-19-,27-25-,32-29+/t40-,41+/m0/s1. The van der Waals surface area contributed by atoms with Crippen molar-refractivity contribution in [1.29, 1.82) is 0 Å². The Labute approximate surface area is 329 Å². The summed E-state index contributed by atoms with van der Waals surface area (Å²) in [6.45, 7) is 3.48. The van der Waals surface area contributed by atoms with Gasteiger partial charge in [0, 0.05) is 19.4 Å². The van der Waals surface area contributed by atoms with E-state index in [1.165, 1.54) is 89.9 Å². The Balaban J connectivity index is 4.37. The van der Waals surface area contributed by atoms with E-state index in [-0.39, 0.29) is 32.6 Å². The number of carbonyl (C=O) groups excluding carboxylic acids is 2. The first-order valence-corrected chi connectivity index (χ1v) is 22.7. The lowest BCUT2D eigenvalue weighted by molar-refractivity contribution is -0.161. The largest absolute Gasteiger partial charge is 0.472 e. The van der Waals surface area contributed by atoms with Gasteiger partial charge in [0.15, 0.2) is 6.10 Å². The van der Waals surface area contributed by atoms with Crippen molar-refractivity contribution >= 4 is 19.8 Å². The van der Waals surface area contributed by atoms with Crippen molar-refractivity contribution in [2.24, 2.45) is 5.73 Å². The monoisotopic (exact) mass is 784 g/mol. The van der Waals surface area contributed by atoms with Gasteiger partial charge in [-0.3, -0.25) is 18.6 Å². The highest BCUT2D eigenvalue weighted by atomic mass is 31.2. The molecule has 0 aromatic carbocycles. The van der Waals surface area contributed by atoms with Gasteiger partial charge in [0.05, 0.1) is 19.3 Å². The second-order valence-electron chi connectivity index (χ2n) is 14.1. The quantitative estimate of drug-likeness (QED) is 0.0180. The summed E-state index contributed by atoms with van der Waals surface area (Å²) in [5.41, 5.74) is 5.33. The fraction of sp³-hybridized carbons (Fsp3) is 0.767. The minimum Gasteiger partial charge on any atom is -0.462 e. The van der Waals surface area contributed by atoms with Crippen LogP contribution >= 0.6 is 7.82 Å². The molecule has 0 saturated heterocycles. The minimum atomic E-state index is -4.43. The lowest BCUT2D eigenvalue weighted by atomic mass is 10.0. The number of unbranched alkanes of at least 4 members (excludes halogenated alkanes) is 17. The molecule has 0 radical (unpaired) electrons. The van der Waals surface area contributed by atoms with Gasteiger partial charge in [-0.15, -0.1) is 0 Å². The zero-order valence-electron chi connectivity index (χ0n) is 34.1. The van der Waals surface area contributed by atoms with Crippen molar-refractivity contribution in [1.82, 2.24) is 0 Å². The SMILES string of the molecule is CCCCC/C=C\C/C=C\C/C=C\C=C\[C@H](O)CCCC(=O)O[C@H](COC(=O)CCCCCCCCCCCCCCCCC)COP(=O)(O)OCCN. The maximum absolute atomic E-state index is 12.6. The number of rotatable bonds is 39. The normalized spacial score (nSPS) is 14.4. The first kappa shape index (κ1) is 51.9. The highest BCUT2D eigenvalue weighted by Gasteiger charge is 2.26. The van der Waals surface area contributed by atoms with Crippen molar-refractivity contribution in [2.45, 2.75) is 187 Å². The molecule has 0 spiro atoms. The molecule has 0 amide bonds. The average molecular weight is 784 g/mol. The number of carbonyl (C=O) groups is 2. The molecule has 10 nitrogen and oxygen atoms in total. The Morgan fingerprint density at radius 1 is 0.648 bits per heavy atom. The third-order valence-corrected chi connectivity index (χ3v) is 9.81. The van der Waals surface area contributed by atoms with E-state index < -0.39 is 38.6 Å². The van der Waals surface area contributed by atoms with Crippen LogP contribution in [0.15, 0.2) is 48.6 Å². The van der Waals surface area contributed by atoms with E-state index in [4.69, 9.17) is 24.3 Å². The van der Waals surface area contributed by atoms with E-state index in [0.29, 0.717) is 19.3 Å². The van der Waals surface area contributed by atoms with Gasteiger partial charge >= 0.3 is 19.8 Å². The third kappa shape index (κ3) is 38.2. The van der Waals surface area contributed by atoms with Crippen LogP contribution in [-0.2, 0) is 32.7 Å². The van der Waals surface area contributed by atoms with E-state index in [1.807, 2.05) is 12.2 Å². The van der Waals surface area contributed by atoms with Crippen LogP contribution in [0.25, 0.3) is 0 Å². The molecule has 0 aromatic rings. The molecule has 0 aliphatic rings. The molecule has 0 aliphatic carbocycles. The van der Waals surface area contributed by atoms with Crippen molar-refractivity contribution in [3.05, 3.63) is 48.6 Å². The average Bonchev–Trinajstić information content (AvgIpc) is 3.15. The first-order chi connectivity index (χ1) is 26.2. The van der Waals surface area contributed by atoms with Gasteiger partial charge in [0.1, 0.15) is 6.61 Å². The maximum Gasteiger partial charge on any atom is 0.472 e. The molecule has 0 saturated carbocycles. The fourth-order valence-electron chi connectivity index (χ4n) is 5.62. The molecule has 3 atom stereocenters. The minimum absolute atomic E-state index is 0.00259.